The first-order valence-corrected chi connectivity index (χ1v) is 9.92. The van der Waals surface area contributed by atoms with Crippen molar-refractivity contribution >= 4 is 11.9 Å². The van der Waals surface area contributed by atoms with Gasteiger partial charge >= 0.3 is 5.97 Å². The maximum atomic E-state index is 12.6. The molecule has 0 amide bonds. The van der Waals surface area contributed by atoms with Crippen LogP contribution in [0.25, 0.3) is 0 Å². The molecule has 0 saturated carbocycles. The molecular weight excluding hydrogens is 356 g/mol. The average Bonchev–Trinajstić information content (AvgIpc) is 3.15. The number of unbranched alkanes of at least 4 members (excludes halogenated alkanes) is 3. The molecule has 1 aliphatic heterocycles. The quantitative estimate of drug-likeness (QED) is 0.518. The predicted octanol–water partition coefficient (Wildman–Crippen LogP) is 4.09. The molecule has 0 fully saturated rings. The lowest BCUT2D eigenvalue weighted by atomic mass is 9.96. The van der Waals surface area contributed by atoms with Crippen LogP contribution in [0.3, 0.4) is 0 Å². The number of hydrogen-bond acceptors (Lipinski definition) is 6. The van der Waals surface area contributed by atoms with Gasteiger partial charge in [-0.25, -0.2) is 9.48 Å². The summed E-state index contributed by atoms with van der Waals surface area (Å²) in [7, 11) is 0. The first-order chi connectivity index (χ1) is 13.7. The second-order valence-corrected chi connectivity index (χ2v) is 6.79. The van der Waals surface area contributed by atoms with Crippen molar-refractivity contribution in [2.75, 3.05) is 18.5 Å². The van der Waals surface area contributed by atoms with E-state index in [2.05, 4.69) is 22.3 Å². The maximum Gasteiger partial charge on any atom is 0.338 e. The lowest BCUT2D eigenvalue weighted by Gasteiger charge is -2.28. The summed E-state index contributed by atoms with van der Waals surface area (Å²) in [6, 6.07) is 7.42. The molecule has 2 heterocycles. The summed E-state index contributed by atoms with van der Waals surface area (Å²) in [6.45, 7) is 6.88. The number of carbonyl (C=O) groups is 1. The van der Waals surface area contributed by atoms with Crippen LogP contribution in [0.5, 0.6) is 5.75 Å². The summed E-state index contributed by atoms with van der Waals surface area (Å²) in [5.41, 5.74) is 2.18. The average molecular weight is 384 g/mol. The van der Waals surface area contributed by atoms with Crippen LogP contribution in [0.2, 0.25) is 0 Å². The molecule has 150 valence electrons. The first kappa shape index (κ1) is 19.9. The predicted molar refractivity (Wildman–Crippen MR) is 107 cm³/mol. The Morgan fingerprint density at radius 1 is 1.18 bits per heavy atom. The third-order valence-corrected chi connectivity index (χ3v) is 4.75. The summed E-state index contributed by atoms with van der Waals surface area (Å²) in [4.78, 5) is 16.8. The molecule has 3 rings (SSSR count). The van der Waals surface area contributed by atoms with Crippen LogP contribution < -0.4 is 10.1 Å². The van der Waals surface area contributed by atoms with Crippen molar-refractivity contribution < 1.29 is 14.3 Å². The summed E-state index contributed by atoms with van der Waals surface area (Å²) < 4.78 is 12.8. The minimum atomic E-state index is -0.392. The van der Waals surface area contributed by atoms with Crippen LogP contribution in [0.15, 0.2) is 41.9 Å². The van der Waals surface area contributed by atoms with Crippen LogP contribution in [0.1, 0.15) is 58.1 Å². The van der Waals surface area contributed by atoms with E-state index in [1.165, 1.54) is 25.6 Å². The highest BCUT2D eigenvalue weighted by Gasteiger charge is 2.34. The zero-order valence-electron chi connectivity index (χ0n) is 16.8. The number of hydrogen-bond donors (Lipinski definition) is 1. The van der Waals surface area contributed by atoms with Crippen molar-refractivity contribution in [1.29, 1.82) is 0 Å². The number of ether oxygens (including phenoxy) is 2. The first-order valence-electron chi connectivity index (χ1n) is 9.92. The SMILES string of the molecule is CCCCCCOc1ccc([C@@H]2C(C(=O)OCC)=C(C)Nc3ncnn32)cc1. The van der Waals surface area contributed by atoms with Crippen molar-refractivity contribution in [1.82, 2.24) is 14.8 Å². The molecule has 0 saturated heterocycles. The Labute approximate surface area is 165 Å². The fourth-order valence-corrected chi connectivity index (χ4v) is 3.34. The third-order valence-electron chi connectivity index (χ3n) is 4.75. The normalized spacial score (nSPS) is 15.8. The van der Waals surface area contributed by atoms with Gasteiger partial charge in [0.25, 0.3) is 0 Å². The lowest BCUT2D eigenvalue weighted by Crippen LogP contribution is -2.29. The van der Waals surface area contributed by atoms with Gasteiger partial charge < -0.3 is 14.8 Å². The van der Waals surface area contributed by atoms with Crippen molar-refractivity contribution in [3.8, 4) is 5.75 Å². The smallest absolute Gasteiger partial charge is 0.338 e. The van der Waals surface area contributed by atoms with Gasteiger partial charge in [-0.2, -0.15) is 10.1 Å². The molecule has 0 bridgehead atoms. The summed E-state index contributed by atoms with van der Waals surface area (Å²) >= 11 is 0. The Kier molecular flexibility index (Phi) is 6.68. The molecule has 1 aliphatic rings. The van der Waals surface area contributed by atoms with Crippen molar-refractivity contribution in [2.45, 2.75) is 52.5 Å². The van der Waals surface area contributed by atoms with E-state index >= 15 is 0 Å². The van der Waals surface area contributed by atoms with E-state index in [-0.39, 0.29) is 5.97 Å². The zero-order chi connectivity index (χ0) is 19.9. The summed E-state index contributed by atoms with van der Waals surface area (Å²) in [5.74, 6) is 1.08. The van der Waals surface area contributed by atoms with Gasteiger partial charge in [0.15, 0.2) is 0 Å². The molecule has 1 aromatic carbocycles. The van der Waals surface area contributed by atoms with E-state index in [1.807, 2.05) is 31.2 Å². The number of esters is 1. The topological polar surface area (TPSA) is 78.3 Å². The molecule has 2 aromatic rings. The van der Waals surface area contributed by atoms with Crippen LogP contribution in [0, 0.1) is 0 Å². The molecule has 0 unspecified atom stereocenters. The van der Waals surface area contributed by atoms with Gasteiger partial charge in [0.1, 0.15) is 18.1 Å². The highest BCUT2D eigenvalue weighted by molar-refractivity contribution is 5.92. The van der Waals surface area contributed by atoms with E-state index < -0.39 is 6.04 Å². The van der Waals surface area contributed by atoms with Crippen LogP contribution >= 0.6 is 0 Å². The minimum absolute atomic E-state index is 0.317. The number of aromatic nitrogens is 3. The molecule has 1 atom stereocenters. The maximum absolute atomic E-state index is 12.6. The second kappa shape index (κ2) is 9.39. The number of anilines is 1. The van der Waals surface area contributed by atoms with Crippen LogP contribution in [-0.4, -0.2) is 33.9 Å². The van der Waals surface area contributed by atoms with Crippen LogP contribution in [0.4, 0.5) is 5.95 Å². The fourth-order valence-electron chi connectivity index (χ4n) is 3.34. The Bertz CT molecular complexity index is 826. The Hall–Kier alpha value is -2.83. The standard InChI is InChI=1S/C21H28N4O3/c1-4-6-7-8-13-28-17-11-9-16(10-12-17)19-18(20(26)27-5-2)15(3)24-21-22-14-23-25(19)21/h9-12,14,19H,4-8,13H2,1-3H3,(H,22,23,24)/t19-/m1/s1. The number of rotatable bonds is 9. The number of fused-ring (bicyclic) bond motifs is 1. The van der Waals surface area contributed by atoms with Gasteiger partial charge in [-0.05, 0) is 38.0 Å². The number of benzene rings is 1. The van der Waals surface area contributed by atoms with Gasteiger partial charge in [-0.3, -0.25) is 0 Å². The molecular formula is C21H28N4O3. The molecule has 0 radical (unpaired) electrons. The fraction of sp³-hybridized carbons (Fsp3) is 0.476. The third kappa shape index (κ3) is 4.35. The van der Waals surface area contributed by atoms with E-state index in [1.54, 1.807) is 11.6 Å². The van der Waals surface area contributed by atoms with Crippen LogP contribution in [-0.2, 0) is 9.53 Å². The Morgan fingerprint density at radius 3 is 2.68 bits per heavy atom. The Balaban J connectivity index is 1.80. The van der Waals surface area contributed by atoms with Crippen molar-refractivity contribution in [3.05, 3.63) is 47.4 Å². The molecule has 7 heteroatoms. The monoisotopic (exact) mass is 384 g/mol. The van der Waals surface area contributed by atoms with Gasteiger partial charge in [0.05, 0.1) is 18.8 Å². The lowest BCUT2D eigenvalue weighted by molar-refractivity contribution is -0.139. The minimum Gasteiger partial charge on any atom is -0.494 e. The van der Waals surface area contributed by atoms with E-state index in [0.29, 0.717) is 24.7 Å². The molecule has 1 aromatic heterocycles. The molecule has 0 spiro atoms. The summed E-state index contributed by atoms with van der Waals surface area (Å²) in [6.07, 6.45) is 6.17. The van der Waals surface area contributed by atoms with E-state index in [9.17, 15) is 4.79 Å². The zero-order valence-corrected chi connectivity index (χ0v) is 16.8. The van der Waals surface area contributed by atoms with Crippen molar-refractivity contribution in [2.24, 2.45) is 0 Å². The molecule has 0 aliphatic carbocycles. The van der Waals surface area contributed by atoms with Gasteiger partial charge in [0, 0.05) is 5.70 Å². The number of allylic oxidation sites excluding steroid dienone is 1. The highest BCUT2D eigenvalue weighted by Crippen LogP contribution is 2.35. The highest BCUT2D eigenvalue weighted by atomic mass is 16.5. The van der Waals surface area contributed by atoms with Gasteiger partial charge in [-0.1, -0.05) is 38.3 Å². The molecule has 7 nitrogen and oxygen atoms in total. The van der Waals surface area contributed by atoms with E-state index in [0.717, 1.165) is 23.4 Å². The number of carbonyl (C=O) groups excluding carboxylic acids is 1. The summed E-state index contributed by atoms with van der Waals surface area (Å²) in [5, 5.41) is 7.44. The van der Waals surface area contributed by atoms with Crippen molar-refractivity contribution in [3.63, 3.8) is 0 Å². The molecule has 1 N–H and O–H groups in total. The molecule has 28 heavy (non-hydrogen) atoms. The van der Waals surface area contributed by atoms with E-state index in [4.69, 9.17) is 9.47 Å². The largest absolute Gasteiger partial charge is 0.494 e. The number of nitrogens with one attached hydrogen (secondary N) is 1. The van der Waals surface area contributed by atoms with Gasteiger partial charge in [-0.15, -0.1) is 0 Å². The second-order valence-electron chi connectivity index (χ2n) is 6.79. The Morgan fingerprint density at radius 2 is 1.96 bits per heavy atom. The number of nitrogens with zero attached hydrogens (tertiary/aromatic N) is 3. The van der Waals surface area contributed by atoms with Gasteiger partial charge in [0.2, 0.25) is 5.95 Å².